The number of rotatable bonds is 8. The standard InChI is InChI=1S/C12H17FN2O3/c1-2-6-14-7-8-18-9-10-4-3-5-11(12(10)13)15(16)17/h3-5,14H,2,6-9H2,1H3. The summed E-state index contributed by atoms with van der Waals surface area (Å²) in [6.45, 7) is 4.15. The molecule has 0 aliphatic rings. The lowest BCUT2D eigenvalue weighted by molar-refractivity contribution is -0.387. The molecule has 6 heteroatoms. The van der Waals surface area contributed by atoms with E-state index in [1.807, 2.05) is 0 Å². The average molecular weight is 256 g/mol. The highest BCUT2D eigenvalue weighted by Crippen LogP contribution is 2.20. The van der Waals surface area contributed by atoms with Crippen molar-refractivity contribution in [3.8, 4) is 0 Å². The van der Waals surface area contributed by atoms with Crippen molar-refractivity contribution in [1.82, 2.24) is 5.32 Å². The topological polar surface area (TPSA) is 64.4 Å². The maximum atomic E-state index is 13.6. The molecular weight excluding hydrogens is 239 g/mol. The van der Waals surface area contributed by atoms with Gasteiger partial charge in [-0.1, -0.05) is 19.1 Å². The molecule has 0 amide bonds. The first-order valence-corrected chi connectivity index (χ1v) is 5.87. The molecule has 0 spiro atoms. The maximum Gasteiger partial charge on any atom is 0.305 e. The van der Waals surface area contributed by atoms with Crippen LogP contribution >= 0.6 is 0 Å². The maximum absolute atomic E-state index is 13.6. The largest absolute Gasteiger partial charge is 0.375 e. The summed E-state index contributed by atoms with van der Waals surface area (Å²) in [7, 11) is 0. The van der Waals surface area contributed by atoms with Crippen molar-refractivity contribution >= 4 is 5.69 Å². The third-order valence-electron chi connectivity index (χ3n) is 2.36. The van der Waals surface area contributed by atoms with Crippen LogP contribution in [0.25, 0.3) is 0 Å². The number of ether oxygens (including phenoxy) is 1. The zero-order chi connectivity index (χ0) is 13.4. The van der Waals surface area contributed by atoms with Crippen LogP contribution < -0.4 is 5.32 Å². The molecule has 1 rings (SSSR count). The van der Waals surface area contributed by atoms with Crippen molar-refractivity contribution in [2.24, 2.45) is 0 Å². The summed E-state index contributed by atoms with van der Waals surface area (Å²) in [5.41, 5.74) is -0.306. The molecule has 0 aliphatic carbocycles. The van der Waals surface area contributed by atoms with E-state index in [1.54, 1.807) is 0 Å². The Bertz CT molecular complexity index is 399. The number of nitro benzene ring substituents is 1. The Morgan fingerprint density at radius 1 is 1.44 bits per heavy atom. The molecule has 1 N–H and O–H groups in total. The number of halogens is 1. The predicted molar refractivity (Wildman–Crippen MR) is 65.9 cm³/mol. The van der Waals surface area contributed by atoms with Gasteiger partial charge in [-0.2, -0.15) is 4.39 Å². The Hall–Kier alpha value is -1.53. The number of nitro groups is 1. The first-order chi connectivity index (χ1) is 8.66. The zero-order valence-corrected chi connectivity index (χ0v) is 10.3. The van der Waals surface area contributed by atoms with Crippen LogP contribution in [0.5, 0.6) is 0 Å². The van der Waals surface area contributed by atoms with Crippen molar-refractivity contribution in [1.29, 1.82) is 0 Å². The van der Waals surface area contributed by atoms with Crippen molar-refractivity contribution in [2.75, 3.05) is 19.7 Å². The summed E-state index contributed by atoms with van der Waals surface area (Å²) in [5, 5.41) is 13.7. The van der Waals surface area contributed by atoms with Gasteiger partial charge < -0.3 is 10.1 Å². The number of hydrogen-bond donors (Lipinski definition) is 1. The fraction of sp³-hybridized carbons (Fsp3) is 0.500. The molecule has 1 aromatic rings. The fourth-order valence-electron chi connectivity index (χ4n) is 1.45. The van der Waals surface area contributed by atoms with Crippen LogP contribution in [-0.2, 0) is 11.3 Å². The molecule has 5 nitrogen and oxygen atoms in total. The molecule has 0 unspecified atom stereocenters. The number of nitrogens with one attached hydrogen (secondary N) is 1. The molecule has 0 heterocycles. The second-order valence-electron chi connectivity index (χ2n) is 3.81. The van der Waals surface area contributed by atoms with Crippen LogP contribution in [0.15, 0.2) is 18.2 Å². The van der Waals surface area contributed by atoms with Gasteiger partial charge >= 0.3 is 5.69 Å². The summed E-state index contributed by atoms with van der Waals surface area (Å²) < 4.78 is 18.9. The lowest BCUT2D eigenvalue weighted by Gasteiger charge is -2.06. The van der Waals surface area contributed by atoms with Crippen molar-refractivity contribution in [3.05, 3.63) is 39.7 Å². The van der Waals surface area contributed by atoms with E-state index >= 15 is 0 Å². The van der Waals surface area contributed by atoms with E-state index in [0.29, 0.717) is 13.2 Å². The van der Waals surface area contributed by atoms with E-state index in [9.17, 15) is 14.5 Å². The highest BCUT2D eigenvalue weighted by atomic mass is 19.1. The Labute approximate surface area is 105 Å². The summed E-state index contributed by atoms with van der Waals surface area (Å²) >= 11 is 0. The molecule has 0 saturated carbocycles. The molecule has 100 valence electrons. The zero-order valence-electron chi connectivity index (χ0n) is 10.3. The van der Waals surface area contributed by atoms with Gasteiger partial charge in [0.05, 0.1) is 18.1 Å². The second kappa shape index (κ2) is 7.73. The summed E-state index contributed by atoms with van der Waals surface area (Å²) in [6, 6.07) is 4.08. The van der Waals surface area contributed by atoms with E-state index in [4.69, 9.17) is 4.74 Å². The monoisotopic (exact) mass is 256 g/mol. The molecule has 1 aromatic carbocycles. The molecule has 0 bridgehead atoms. The van der Waals surface area contributed by atoms with Crippen molar-refractivity contribution in [2.45, 2.75) is 20.0 Å². The van der Waals surface area contributed by atoms with E-state index in [1.165, 1.54) is 12.1 Å². The normalized spacial score (nSPS) is 10.6. The van der Waals surface area contributed by atoms with Gasteiger partial charge in [0.15, 0.2) is 0 Å². The molecule has 0 fully saturated rings. The average Bonchev–Trinajstić information content (AvgIpc) is 2.35. The Kier molecular flexibility index (Phi) is 6.24. The minimum atomic E-state index is -0.816. The highest BCUT2D eigenvalue weighted by molar-refractivity contribution is 5.36. The predicted octanol–water partition coefficient (Wildman–Crippen LogP) is 2.25. The minimum absolute atomic E-state index is 0.0430. The van der Waals surface area contributed by atoms with Crippen LogP contribution in [0.4, 0.5) is 10.1 Å². The van der Waals surface area contributed by atoms with E-state index in [2.05, 4.69) is 12.2 Å². The van der Waals surface area contributed by atoms with Gasteiger partial charge in [0, 0.05) is 18.2 Å². The Morgan fingerprint density at radius 2 is 2.22 bits per heavy atom. The number of hydrogen-bond acceptors (Lipinski definition) is 4. The van der Waals surface area contributed by atoms with Crippen molar-refractivity contribution < 1.29 is 14.1 Å². The fourth-order valence-corrected chi connectivity index (χ4v) is 1.45. The Balaban J connectivity index is 2.43. The summed E-state index contributed by atoms with van der Waals surface area (Å²) in [5.74, 6) is -0.816. The van der Waals surface area contributed by atoms with Crippen LogP contribution in [0.1, 0.15) is 18.9 Å². The first-order valence-electron chi connectivity index (χ1n) is 5.87. The van der Waals surface area contributed by atoms with Crippen LogP contribution in [0, 0.1) is 15.9 Å². The number of nitrogens with zero attached hydrogens (tertiary/aromatic N) is 1. The van der Waals surface area contributed by atoms with E-state index in [-0.39, 0.29) is 12.2 Å². The second-order valence-corrected chi connectivity index (χ2v) is 3.81. The molecule has 0 aliphatic heterocycles. The smallest absolute Gasteiger partial charge is 0.305 e. The van der Waals surface area contributed by atoms with Gasteiger partial charge in [0.25, 0.3) is 0 Å². The lowest BCUT2D eigenvalue weighted by atomic mass is 10.2. The quantitative estimate of drug-likeness (QED) is 0.440. The van der Waals surface area contributed by atoms with Crippen LogP contribution in [-0.4, -0.2) is 24.6 Å². The minimum Gasteiger partial charge on any atom is -0.375 e. The van der Waals surface area contributed by atoms with Gasteiger partial charge in [-0.25, -0.2) is 0 Å². The molecule has 0 aromatic heterocycles. The van der Waals surface area contributed by atoms with Gasteiger partial charge in [-0.3, -0.25) is 10.1 Å². The Morgan fingerprint density at radius 3 is 2.89 bits per heavy atom. The molecular formula is C12H17FN2O3. The third kappa shape index (κ3) is 4.38. The van der Waals surface area contributed by atoms with E-state index < -0.39 is 16.4 Å². The molecule has 0 saturated heterocycles. The van der Waals surface area contributed by atoms with E-state index in [0.717, 1.165) is 19.0 Å². The van der Waals surface area contributed by atoms with Gasteiger partial charge in [-0.15, -0.1) is 0 Å². The third-order valence-corrected chi connectivity index (χ3v) is 2.36. The van der Waals surface area contributed by atoms with Crippen molar-refractivity contribution in [3.63, 3.8) is 0 Å². The lowest BCUT2D eigenvalue weighted by Crippen LogP contribution is -2.20. The molecule has 0 atom stereocenters. The first kappa shape index (κ1) is 14.5. The molecule has 0 radical (unpaired) electrons. The van der Waals surface area contributed by atoms with Gasteiger partial charge in [0.1, 0.15) is 0 Å². The van der Waals surface area contributed by atoms with Gasteiger partial charge in [0.2, 0.25) is 5.82 Å². The summed E-state index contributed by atoms with van der Waals surface area (Å²) in [4.78, 5) is 9.80. The van der Waals surface area contributed by atoms with Crippen LogP contribution in [0.3, 0.4) is 0 Å². The van der Waals surface area contributed by atoms with Crippen LogP contribution in [0.2, 0.25) is 0 Å². The highest BCUT2D eigenvalue weighted by Gasteiger charge is 2.16. The molecule has 18 heavy (non-hydrogen) atoms. The summed E-state index contributed by atoms with van der Waals surface area (Å²) in [6.07, 6.45) is 1.04. The number of benzene rings is 1. The van der Waals surface area contributed by atoms with Gasteiger partial charge in [-0.05, 0) is 13.0 Å². The SMILES string of the molecule is CCCNCCOCc1cccc([N+](=O)[O-])c1F.